The summed E-state index contributed by atoms with van der Waals surface area (Å²) in [6, 6.07) is 17.4. The lowest BCUT2D eigenvalue weighted by Gasteiger charge is -2.46. The minimum atomic E-state index is -1.34. The number of nitrogens with zero attached hydrogens (tertiary/aromatic N) is 1. The molecule has 1 aliphatic heterocycles. The third-order valence-electron chi connectivity index (χ3n) is 7.07. The van der Waals surface area contributed by atoms with E-state index < -0.39 is 61.0 Å². The van der Waals surface area contributed by atoms with Crippen LogP contribution < -0.4 is 17.2 Å². The van der Waals surface area contributed by atoms with Crippen LogP contribution in [0.4, 0.5) is 0 Å². The summed E-state index contributed by atoms with van der Waals surface area (Å²) in [5, 5.41) is 42.2. The van der Waals surface area contributed by atoms with Crippen LogP contribution in [0.1, 0.15) is 17.5 Å². The fourth-order valence-electron chi connectivity index (χ4n) is 4.97. The Morgan fingerprint density at radius 3 is 1.86 bits per heavy atom. The van der Waals surface area contributed by atoms with Gasteiger partial charge in [0.05, 0.1) is 12.1 Å². The van der Waals surface area contributed by atoms with Crippen molar-refractivity contribution in [3.05, 3.63) is 71.8 Å². The van der Waals surface area contributed by atoms with E-state index in [1.807, 2.05) is 60.7 Å². The molecule has 0 radical (unpaired) electrons. The Morgan fingerprint density at radius 1 is 0.750 bits per heavy atom. The van der Waals surface area contributed by atoms with Gasteiger partial charge in [-0.05, 0) is 17.5 Å². The molecule has 1 aliphatic carbocycles. The predicted octanol–water partition coefficient (Wildman–Crippen LogP) is -1.37. The molecule has 0 bridgehead atoms. The average Bonchev–Trinajstić information content (AvgIpc) is 2.87. The van der Waals surface area contributed by atoms with Crippen LogP contribution in [-0.4, -0.2) is 92.9 Å². The number of hydrogen-bond donors (Lipinski definition) is 7. The molecule has 36 heavy (non-hydrogen) atoms. The maximum Gasteiger partial charge on any atom is 0.176 e. The Labute approximate surface area is 211 Å². The lowest BCUT2D eigenvalue weighted by Crippen LogP contribution is -2.67. The monoisotopic (exact) mass is 502 g/mol. The maximum absolute atomic E-state index is 10.8. The topological polar surface area (TPSA) is 181 Å². The van der Waals surface area contributed by atoms with E-state index >= 15 is 0 Å². The molecule has 4 rings (SSSR count). The van der Waals surface area contributed by atoms with E-state index in [1.54, 1.807) is 0 Å². The molecule has 2 aliphatic rings. The zero-order valence-corrected chi connectivity index (χ0v) is 20.2. The van der Waals surface area contributed by atoms with E-state index in [-0.39, 0.29) is 13.0 Å². The Hall–Kier alpha value is -1.96. The first-order chi connectivity index (χ1) is 17.2. The molecular formula is C26H38N4O6. The summed E-state index contributed by atoms with van der Waals surface area (Å²) in [7, 11) is 0. The van der Waals surface area contributed by atoms with Crippen LogP contribution in [0.25, 0.3) is 0 Å². The fourth-order valence-corrected chi connectivity index (χ4v) is 4.97. The molecule has 2 aromatic rings. The van der Waals surface area contributed by atoms with E-state index in [4.69, 9.17) is 26.7 Å². The van der Waals surface area contributed by atoms with Gasteiger partial charge < -0.3 is 47.1 Å². The zero-order chi connectivity index (χ0) is 25.8. The lowest BCUT2D eigenvalue weighted by atomic mass is 9.84. The molecular weight excluding hydrogens is 464 g/mol. The minimum absolute atomic E-state index is 0.237. The third kappa shape index (κ3) is 6.29. The SMILES string of the molecule is N[C@H]1[C@@H](O[C@H]2[C@H](O)[C@@H](O)[C@H](N)C[C@@H]2N)O[C@H](CN(Cc2ccccc2)Cc2ccccc2)[C@@H](O)[C@@H]1O. The smallest absolute Gasteiger partial charge is 0.176 e. The summed E-state index contributed by atoms with van der Waals surface area (Å²) in [6.07, 6.45) is -7.88. The van der Waals surface area contributed by atoms with Gasteiger partial charge >= 0.3 is 0 Å². The summed E-state index contributed by atoms with van der Waals surface area (Å²) >= 11 is 0. The first-order valence-electron chi connectivity index (χ1n) is 12.3. The Morgan fingerprint density at radius 2 is 1.31 bits per heavy atom. The van der Waals surface area contributed by atoms with Gasteiger partial charge in [-0.25, -0.2) is 0 Å². The van der Waals surface area contributed by atoms with Crippen molar-refractivity contribution in [3.63, 3.8) is 0 Å². The van der Waals surface area contributed by atoms with Crippen molar-refractivity contribution in [1.82, 2.24) is 4.90 Å². The van der Waals surface area contributed by atoms with Crippen molar-refractivity contribution in [2.75, 3.05) is 6.54 Å². The quantitative estimate of drug-likeness (QED) is 0.227. The van der Waals surface area contributed by atoms with E-state index in [1.165, 1.54) is 0 Å². The largest absolute Gasteiger partial charge is 0.389 e. The summed E-state index contributed by atoms with van der Waals surface area (Å²) < 4.78 is 12.0. The number of nitrogens with two attached hydrogens (primary N) is 3. The van der Waals surface area contributed by atoms with Gasteiger partial charge in [-0.3, -0.25) is 4.90 Å². The van der Waals surface area contributed by atoms with Crippen LogP contribution in [0.15, 0.2) is 60.7 Å². The second-order valence-corrected chi connectivity index (χ2v) is 9.89. The second-order valence-electron chi connectivity index (χ2n) is 9.89. The molecule has 10 atom stereocenters. The number of benzene rings is 2. The molecule has 0 unspecified atom stereocenters. The molecule has 1 heterocycles. The molecule has 0 amide bonds. The van der Waals surface area contributed by atoms with Gasteiger partial charge in [0.1, 0.15) is 30.5 Å². The van der Waals surface area contributed by atoms with Gasteiger partial charge in [-0.15, -0.1) is 0 Å². The standard InChI is InChI=1S/C26H38N4O6/c27-17-11-18(28)25(24(34)21(17)31)36-26-20(29)23(33)22(32)19(35-26)14-30(12-15-7-3-1-4-8-15)13-16-9-5-2-6-10-16/h1-10,17-26,31-34H,11-14,27-29H2/t17-,18+,19-,20-,21+,22-,23-,24-,25-,26-/m1/s1. The number of aliphatic hydroxyl groups is 4. The van der Waals surface area contributed by atoms with Crippen molar-refractivity contribution < 1.29 is 29.9 Å². The highest BCUT2D eigenvalue weighted by atomic mass is 16.7. The van der Waals surface area contributed by atoms with Gasteiger partial charge in [0, 0.05) is 31.7 Å². The summed E-state index contributed by atoms with van der Waals surface area (Å²) in [5.74, 6) is 0. The van der Waals surface area contributed by atoms with Gasteiger partial charge in [0.2, 0.25) is 0 Å². The van der Waals surface area contributed by atoms with Crippen LogP contribution in [0.3, 0.4) is 0 Å². The first-order valence-corrected chi connectivity index (χ1v) is 12.3. The van der Waals surface area contributed by atoms with Gasteiger partial charge in [-0.2, -0.15) is 0 Å². The van der Waals surface area contributed by atoms with Gasteiger partial charge in [-0.1, -0.05) is 60.7 Å². The Kier molecular flexibility index (Phi) is 9.07. The molecule has 0 spiro atoms. The lowest BCUT2D eigenvalue weighted by molar-refractivity contribution is -0.291. The van der Waals surface area contributed by atoms with E-state index in [9.17, 15) is 20.4 Å². The summed E-state index contributed by atoms with van der Waals surface area (Å²) in [5.41, 5.74) is 20.3. The number of aliphatic hydroxyl groups excluding tert-OH is 4. The number of rotatable bonds is 8. The van der Waals surface area contributed by atoms with Crippen LogP contribution in [0.2, 0.25) is 0 Å². The zero-order valence-electron chi connectivity index (χ0n) is 20.2. The molecule has 1 saturated carbocycles. The highest BCUT2D eigenvalue weighted by molar-refractivity contribution is 5.17. The van der Waals surface area contributed by atoms with E-state index in [2.05, 4.69) is 4.90 Å². The van der Waals surface area contributed by atoms with Crippen LogP contribution in [-0.2, 0) is 22.6 Å². The number of hydrogen-bond acceptors (Lipinski definition) is 10. The van der Waals surface area contributed by atoms with E-state index in [0.29, 0.717) is 13.1 Å². The Bertz CT molecular complexity index is 899. The Balaban J connectivity index is 1.50. The van der Waals surface area contributed by atoms with Gasteiger partial charge in [0.25, 0.3) is 0 Å². The first kappa shape index (κ1) is 27.1. The second kappa shape index (κ2) is 12.1. The van der Waals surface area contributed by atoms with Crippen molar-refractivity contribution in [3.8, 4) is 0 Å². The summed E-state index contributed by atoms with van der Waals surface area (Å²) in [6.45, 7) is 1.46. The number of ether oxygens (including phenoxy) is 2. The molecule has 0 aromatic heterocycles. The highest BCUT2D eigenvalue weighted by Crippen LogP contribution is 2.28. The maximum atomic E-state index is 10.8. The fraction of sp³-hybridized carbons (Fsp3) is 0.538. The molecule has 1 saturated heterocycles. The normalized spacial score (nSPS) is 37.2. The highest BCUT2D eigenvalue weighted by Gasteiger charge is 2.48. The molecule has 2 aromatic carbocycles. The molecule has 10 heteroatoms. The molecule has 10 nitrogen and oxygen atoms in total. The molecule has 198 valence electrons. The molecule has 10 N–H and O–H groups in total. The van der Waals surface area contributed by atoms with Crippen molar-refractivity contribution in [1.29, 1.82) is 0 Å². The average molecular weight is 503 g/mol. The minimum Gasteiger partial charge on any atom is -0.389 e. The van der Waals surface area contributed by atoms with Crippen LogP contribution in [0, 0.1) is 0 Å². The third-order valence-corrected chi connectivity index (χ3v) is 7.07. The van der Waals surface area contributed by atoms with Crippen molar-refractivity contribution in [2.45, 2.75) is 80.5 Å². The molecule has 2 fully saturated rings. The van der Waals surface area contributed by atoms with Crippen LogP contribution in [0.5, 0.6) is 0 Å². The van der Waals surface area contributed by atoms with Gasteiger partial charge in [0.15, 0.2) is 6.29 Å². The van der Waals surface area contributed by atoms with Crippen molar-refractivity contribution in [2.24, 2.45) is 17.2 Å². The van der Waals surface area contributed by atoms with Crippen molar-refractivity contribution >= 4 is 0 Å². The summed E-state index contributed by atoms with van der Waals surface area (Å²) in [4.78, 5) is 2.11. The predicted molar refractivity (Wildman–Crippen MR) is 133 cm³/mol. The van der Waals surface area contributed by atoms with E-state index in [0.717, 1.165) is 11.1 Å². The van der Waals surface area contributed by atoms with Crippen LogP contribution >= 0.6 is 0 Å².